The van der Waals surface area contributed by atoms with Crippen molar-refractivity contribution in [1.82, 2.24) is 10.0 Å². The van der Waals surface area contributed by atoms with Crippen LogP contribution in [0.1, 0.15) is 24.8 Å². The van der Waals surface area contributed by atoms with Crippen molar-refractivity contribution in [3.05, 3.63) is 53.6 Å². The number of ether oxygens (including phenoxy) is 3. The summed E-state index contributed by atoms with van der Waals surface area (Å²) >= 11 is 0. The molecule has 0 radical (unpaired) electrons. The van der Waals surface area contributed by atoms with Crippen LogP contribution in [0.5, 0.6) is 11.5 Å². The Morgan fingerprint density at radius 3 is 2.52 bits per heavy atom. The van der Waals surface area contributed by atoms with Gasteiger partial charge in [-0.25, -0.2) is 21.9 Å². The molecule has 33 heavy (non-hydrogen) atoms. The van der Waals surface area contributed by atoms with Crippen molar-refractivity contribution < 1.29 is 36.2 Å². The minimum Gasteiger partial charge on any atom is -0.454 e. The molecule has 0 atom stereocenters. The maximum atomic E-state index is 13.3. The summed E-state index contributed by atoms with van der Waals surface area (Å²) in [5.74, 6) is -1.40. The lowest BCUT2D eigenvalue weighted by Gasteiger charge is -2.38. The van der Waals surface area contributed by atoms with Gasteiger partial charge in [0.1, 0.15) is 0 Å². The molecule has 1 saturated heterocycles. The lowest BCUT2D eigenvalue weighted by molar-refractivity contribution is -0.121. The van der Waals surface area contributed by atoms with Gasteiger partial charge in [0.25, 0.3) is 0 Å². The Morgan fingerprint density at radius 1 is 1.00 bits per heavy atom. The van der Waals surface area contributed by atoms with Gasteiger partial charge >= 0.3 is 0 Å². The molecule has 0 aliphatic carbocycles. The highest BCUT2D eigenvalue weighted by Crippen LogP contribution is 2.40. The summed E-state index contributed by atoms with van der Waals surface area (Å²) in [6, 6.07) is 8.03. The van der Waals surface area contributed by atoms with Crippen LogP contribution in [0.15, 0.2) is 41.3 Å². The fourth-order valence-corrected chi connectivity index (χ4v) is 4.98. The van der Waals surface area contributed by atoms with E-state index in [1.54, 1.807) is 0 Å². The van der Waals surface area contributed by atoms with Crippen LogP contribution in [-0.4, -0.2) is 47.4 Å². The van der Waals surface area contributed by atoms with Crippen LogP contribution in [0.4, 0.5) is 8.78 Å². The van der Waals surface area contributed by atoms with E-state index in [1.165, 1.54) is 0 Å². The highest BCUT2D eigenvalue weighted by atomic mass is 32.2. The van der Waals surface area contributed by atoms with Crippen LogP contribution < -0.4 is 19.5 Å². The maximum Gasteiger partial charge on any atom is 0.240 e. The summed E-state index contributed by atoms with van der Waals surface area (Å²) in [4.78, 5) is 12.0. The summed E-state index contributed by atoms with van der Waals surface area (Å²) in [6.07, 6.45) is 1.29. The van der Waals surface area contributed by atoms with Crippen LogP contribution in [0.25, 0.3) is 0 Å². The van der Waals surface area contributed by atoms with Gasteiger partial charge in [0, 0.05) is 38.1 Å². The Balaban J connectivity index is 1.35. The third-order valence-corrected chi connectivity index (χ3v) is 7.36. The first kappa shape index (κ1) is 23.4. The van der Waals surface area contributed by atoms with Crippen LogP contribution in [0, 0.1) is 11.6 Å². The van der Waals surface area contributed by atoms with Gasteiger partial charge in [-0.3, -0.25) is 4.79 Å². The van der Waals surface area contributed by atoms with Crippen molar-refractivity contribution in [2.45, 2.75) is 29.6 Å². The minimum absolute atomic E-state index is 0.114. The molecule has 2 aromatic rings. The standard InChI is InChI=1S/C22H24F2N2O6S/c23-17-3-2-16(12-18(17)24)33(28,29)26-8-5-21(27)25-13-22(6-9-30-10-7-22)15-1-4-19-20(11-15)32-14-31-19/h1-4,11-12,26H,5-10,13-14H2,(H,25,27). The molecule has 2 aliphatic rings. The van der Waals surface area contributed by atoms with Crippen LogP contribution in [-0.2, 0) is 25.0 Å². The van der Waals surface area contributed by atoms with E-state index in [0.29, 0.717) is 50.2 Å². The lowest BCUT2D eigenvalue weighted by Crippen LogP contribution is -2.45. The van der Waals surface area contributed by atoms with Gasteiger partial charge in [-0.2, -0.15) is 0 Å². The molecule has 0 saturated carbocycles. The van der Waals surface area contributed by atoms with Crippen LogP contribution in [0.2, 0.25) is 0 Å². The van der Waals surface area contributed by atoms with Crippen molar-refractivity contribution in [2.24, 2.45) is 0 Å². The molecule has 0 unspecified atom stereocenters. The van der Waals surface area contributed by atoms with Crippen molar-refractivity contribution >= 4 is 15.9 Å². The zero-order valence-electron chi connectivity index (χ0n) is 17.7. The summed E-state index contributed by atoms with van der Waals surface area (Å²) in [5, 5.41) is 2.89. The number of benzene rings is 2. The SMILES string of the molecule is O=C(CCNS(=O)(=O)c1ccc(F)c(F)c1)NCC1(c2ccc3c(c2)OCO3)CCOCC1. The quantitative estimate of drug-likeness (QED) is 0.598. The number of sulfonamides is 1. The molecule has 0 bridgehead atoms. The predicted octanol–water partition coefficient (Wildman–Crippen LogP) is 2.23. The van der Waals surface area contributed by atoms with Crippen LogP contribution in [0.3, 0.4) is 0 Å². The fourth-order valence-electron chi connectivity index (χ4n) is 3.94. The summed E-state index contributed by atoms with van der Waals surface area (Å²) in [5.41, 5.74) is 0.662. The first-order chi connectivity index (χ1) is 15.8. The highest BCUT2D eigenvalue weighted by molar-refractivity contribution is 7.89. The molecular formula is C22H24F2N2O6S. The third-order valence-electron chi connectivity index (χ3n) is 5.90. The van der Waals surface area contributed by atoms with E-state index in [4.69, 9.17) is 14.2 Å². The van der Waals surface area contributed by atoms with Crippen molar-refractivity contribution in [3.63, 3.8) is 0 Å². The highest BCUT2D eigenvalue weighted by Gasteiger charge is 2.36. The Hall–Kier alpha value is -2.76. The Kier molecular flexibility index (Phi) is 6.82. The Morgan fingerprint density at radius 2 is 1.76 bits per heavy atom. The first-order valence-electron chi connectivity index (χ1n) is 10.5. The fraction of sp³-hybridized carbons (Fsp3) is 0.409. The van der Waals surface area contributed by atoms with Gasteiger partial charge in [0.2, 0.25) is 22.7 Å². The average Bonchev–Trinajstić information content (AvgIpc) is 3.28. The predicted molar refractivity (Wildman–Crippen MR) is 113 cm³/mol. The van der Waals surface area contributed by atoms with Crippen molar-refractivity contribution in [3.8, 4) is 11.5 Å². The molecule has 4 rings (SSSR count). The smallest absolute Gasteiger partial charge is 0.240 e. The monoisotopic (exact) mass is 482 g/mol. The molecule has 2 aliphatic heterocycles. The number of rotatable bonds is 8. The van der Waals surface area contributed by atoms with E-state index in [2.05, 4.69) is 10.0 Å². The van der Waals surface area contributed by atoms with E-state index < -0.39 is 26.6 Å². The number of halogens is 2. The van der Waals surface area contributed by atoms with Gasteiger partial charge in [-0.15, -0.1) is 0 Å². The number of hydrogen-bond donors (Lipinski definition) is 2. The summed E-state index contributed by atoms with van der Waals surface area (Å²) in [7, 11) is -4.07. The van der Waals surface area contributed by atoms with Crippen molar-refractivity contribution in [1.29, 1.82) is 0 Å². The van der Waals surface area contributed by atoms with Gasteiger partial charge in [0.05, 0.1) is 4.90 Å². The van der Waals surface area contributed by atoms with Gasteiger partial charge in [0.15, 0.2) is 23.1 Å². The Labute approximate surface area is 190 Å². The van der Waals surface area contributed by atoms with Crippen molar-refractivity contribution in [2.75, 3.05) is 33.1 Å². The van der Waals surface area contributed by atoms with E-state index in [-0.39, 0.29) is 31.1 Å². The molecule has 178 valence electrons. The molecule has 11 heteroatoms. The largest absolute Gasteiger partial charge is 0.454 e. The maximum absolute atomic E-state index is 13.3. The minimum atomic E-state index is -4.07. The molecule has 1 amide bonds. The normalized spacial score (nSPS) is 17.0. The van der Waals surface area contributed by atoms with E-state index >= 15 is 0 Å². The zero-order valence-corrected chi connectivity index (χ0v) is 18.6. The molecule has 0 aromatic heterocycles. The number of carbonyl (C=O) groups is 1. The second kappa shape index (κ2) is 9.62. The third kappa shape index (κ3) is 5.26. The molecule has 0 spiro atoms. The van der Waals surface area contributed by atoms with Gasteiger partial charge in [-0.05, 0) is 48.7 Å². The second-order valence-corrected chi connectivity index (χ2v) is 9.73. The lowest BCUT2D eigenvalue weighted by atomic mass is 9.74. The van der Waals surface area contributed by atoms with Crippen LogP contribution >= 0.6 is 0 Å². The second-order valence-electron chi connectivity index (χ2n) is 7.96. The molecule has 2 N–H and O–H groups in total. The average molecular weight is 483 g/mol. The van der Waals surface area contributed by atoms with E-state index in [0.717, 1.165) is 17.7 Å². The van der Waals surface area contributed by atoms with Gasteiger partial charge < -0.3 is 19.5 Å². The molecule has 2 aromatic carbocycles. The molecular weight excluding hydrogens is 458 g/mol. The number of amides is 1. The van der Waals surface area contributed by atoms with E-state index in [1.807, 2.05) is 18.2 Å². The number of fused-ring (bicyclic) bond motifs is 1. The number of hydrogen-bond acceptors (Lipinski definition) is 6. The van der Waals surface area contributed by atoms with Gasteiger partial charge in [-0.1, -0.05) is 6.07 Å². The first-order valence-corrected chi connectivity index (χ1v) is 12.0. The summed E-state index contributed by atoms with van der Waals surface area (Å²) < 4.78 is 69.5. The topological polar surface area (TPSA) is 103 Å². The molecule has 8 nitrogen and oxygen atoms in total. The number of carbonyl (C=O) groups excluding carboxylic acids is 1. The Bertz CT molecular complexity index is 1140. The number of nitrogens with one attached hydrogen (secondary N) is 2. The zero-order chi connectivity index (χ0) is 23.5. The summed E-state index contributed by atoms with van der Waals surface area (Å²) in [6.45, 7) is 1.45. The van der Waals surface area contributed by atoms with E-state index in [9.17, 15) is 22.0 Å². The molecule has 2 heterocycles. The molecule has 1 fully saturated rings.